The summed E-state index contributed by atoms with van der Waals surface area (Å²) >= 11 is 6.07. The third-order valence-electron chi connectivity index (χ3n) is 4.45. The molecule has 1 atom stereocenters. The first-order valence-electron chi connectivity index (χ1n) is 7.04. The Morgan fingerprint density at radius 3 is 2.57 bits per heavy atom. The second-order valence-corrected chi connectivity index (χ2v) is 6.02. The van der Waals surface area contributed by atoms with Crippen LogP contribution in [-0.4, -0.2) is 37.7 Å². The van der Waals surface area contributed by atoms with Crippen molar-refractivity contribution in [3.05, 3.63) is 28.8 Å². The molecule has 0 aromatic heterocycles. The lowest BCUT2D eigenvalue weighted by molar-refractivity contribution is 0.0719. The van der Waals surface area contributed by atoms with Gasteiger partial charge in [-0.1, -0.05) is 11.6 Å². The van der Waals surface area contributed by atoms with E-state index in [1.165, 1.54) is 32.5 Å². The fourth-order valence-electron chi connectivity index (χ4n) is 3.32. The number of halogens is 3. The number of piperidine rings is 3. The van der Waals surface area contributed by atoms with Crippen LogP contribution < -0.4 is 10.1 Å². The van der Waals surface area contributed by atoms with E-state index in [4.69, 9.17) is 16.3 Å². The molecular formula is C15H23Cl3N2O. The number of ether oxygens (including phenoxy) is 1. The van der Waals surface area contributed by atoms with Crippen LogP contribution in [0.3, 0.4) is 0 Å². The van der Waals surface area contributed by atoms with E-state index in [0.29, 0.717) is 6.04 Å². The van der Waals surface area contributed by atoms with Crippen molar-refractivity contribution in [3.8, 4) is 5.75 Å². The zero-order valence-corrected chi connectivity index (χ0v) is 14.6. The van der Waals surface area contributed by atoms with Gasteiger partial charge in [-0.2, -0.15) is 0 Å². The summed E-state index contributed by atoms with van der Waals surface area (Å²) in [5.74, 6) is 1.76. The van der Waals surface area contributed by atoms with E-state index in [2.05, 4.69) is 10.2 Å². The molecule has 3 heterocycles. The van der Waals surface area contributed by atoms with Crippen LogP contribution in [0.1, 0.15) is 18.4 Å². The van der Waals surface area contributed by atoms with Crippen molar-refractivity contribution in [3.63, 3.8) is 0 Å². The molecule has 0 spiro atoms. The van der Waals surface area contributed by atoms with E-state index in [9.17, 15) is 0 Å². The van der Waals surface area contributed by atoms with E-state index in [1.807, 2.05) is 18.2 Å². The molecule has 6 heteroatoms. The molecule has 0 aliphatic carbocycles. The van der Waals surface area contributed by atoms with Crippen molar-refractivity contribution >= 4 is 36.4 Å². The summed E-state index contributed by atoms with van der Waals surface area (Å²) in [4.78, 5) is 2.56. The fraction of sp³-hybridized carbons (Fsp3) is 0.600. The van der Waals surface area contributed by atoms with E-state index < -0.39 is 0 Å². The van der Waals surface area contributed by atoms with Crippen molar-refractivity contribution in [2.45, 2.75) is 25.4 Å². The lowest BCUT2D eigenvalue weighted by atomic mass is 9.84. The predicted octanol–water partition coefficient (Wildman–Crippen LogP) is 3.38. The molecule has 3 saturated heterocycles. The normalized spacial score (nSPS) is 26.7. The van der Waals surface area contributed by atoms with Crippen molar-refractivity contribution < 1.29 is 4.74 Å². The number of hydrogen-bond donors (Lipinski definition) is 1. The highest BCUT2D eigenvalue weighted by Gasteiger charge is 2.33. The van der Waals surface area contributed by atoms with Gasteiger partial charge in [0.1, 0.15) is 5.75 Å². The van der Waals surface area contributed by atoms with Crippen molar-refractivity contribution in [1.29, 1.82) is 0 Å². The minimum absolute atomic E-state index is 0. The number of benzene rings is 1. The first-order valence-corrected chi connectivity index (χ1v) is 7.42. The average Bonchev–Trinajstić information content (AvgIpc) is 2.46. The Bertz CT molecular complexity index is 451. The topological polar surface area (TPSA) is 24.5 Å². The highest BCUT2D eigenvalue weighted by atomic mass is 35.5. The zero-order chi connectivity index (χ0) is 13.2. The van der Waals surface area contributed by atoms with Crippen molar-refractivity contribution in [2.24, 2.45) is 5.92 Å². The Morgan fingerprint density at radius 2 is 2.00 bits per heavy atom. The monoisotopic (exact) mass is 352 g/mol. The predicted molar refractivity (Wildman–Crippen MR) is 92.3 cm³/mol. The van der Waals surface area contributed by atoms with Crippen LogP contribution in [0.15, 0.2) is 18.2 Å². The van der Waals surface area contributed by atoms with Crippen LogP contribution in [0.4, 0.5) is 0 Å². The molecule has 2 bridgehead atoms. The first-order chi connectivity index (χ1) is 9.26. The Balaban J connectivity index is 0.00000110. The number of hydrogen-bond acceptors (Lipinski definition) is 3. The Labute approximate surface area is 144 Å². The highest BCUT2D eigenvalue weighted by Crippen LogP contribution is 2.28. The Kier molecular flexibility index (Phi) is 7.58. The van der Waals surface area contributed by atoms with E-state index in [0.717, 1.165) is 28.8 Å². The SMILES string of the molecule is COc1ccc(Cl)cc1CNC1CN2CCC1CC2.Cl.Cl. The van der Waals surface area contributed by atoms with Gasteiger partial charge in [-0.05, 0) is 50.0 Å². The molecule has 120 valence electrons. The Morgan fingerprint density at radius 1 is 1.29 bits per heavy atom. The van der Waals surface area contributed by atoms with Gasteiger partial charge in [0.05, 0.1) is 7.11 Å². The largest absolute Gasteiger partial charge is 0.496 e. The van der Waals surface area contributed by atoms with Gasteiger partial charge in [0, 0.05) is 29.7 Å². The van der Waals surface area contributed by atoms with E-state index in [-0.39, 0.29) is 24.8 Å². The smallest absolute Gasteiger partial charge is 0.123 e. The molecule has 3 nitrogen and oxygen atoms in total. The minimum Gasteiger partial charge on any atom is -0.496 e. The van der Waals surface area contributed by atoms with Gasteiger partial charge in [-0.15, -0.1) is 24.8 Å². The average molecular weight is 354 g/mol. The maximum atomic E-state index is 6.07. The number of nitrogens with one attached hydrogen (secondary N) is 1. The van der Waals surface area contributed by atoms with E-state index in [1.54, 1.807) is 7.11 Å². The molecule has 21 heavy (non-hydrogen) atoms. The third kappa shape index (κ3) is 4.40. The van der Waals surface area contributed by atoms with Gasteiger partial charge in [-0.25, -0.2) is 0 Å². The van der Waals surface area contributed by atoms with Crippen LogP contribution in [0.5, 0.6) is 5.75 Å². The lowest BCUT2D eigenvalue weighted by Crippen LogP contribution is -2.55. The number of nitrogens with zero attached hydrogens (tertiary/aromatic N) is 1. The van der Waals surface area contributed by atoms with Gasteiger partial charge in [-0.3, -0.25) is 0 Å². The Hall–Kier alpha value is -0.190. The molecule has 1 aromatic rings. The van der Waals surface area contributed by atoms with Crippen LogP contribution >= 0.6 is 36.4 Å². The van der Waals surface area contributed by atoms with Crippen LogP contribution in [-0.2, 0) is 6.54 Å². The van der Waals surface area contributed by atoms with Crippen molar-refractivity contribution in [1.82, 2.24) is 10.2 Å². The fourth-order valence-corrected chi connectivity index (χ4v) is 3.52. The summed E-state index contributed by atoms with van der Waals surface area (Å²) in [5, 5.41) is 4.46. The maximum Gasteiger partial charge on any atom is 0.123 e. The van der Waals surface area contributed by atoms with Gasteiger partial charge in [0.25, 0.3) is 0 Å². The molecular weight excluding hydrogens is 331 g/mol. The highest BCUT2D eigenvalue weighted by molar-refractivity contribution is 6.30. The first kappa shape index (κ1) is 18.9. The molecule has 0 saturated carbocycles. The van der Waals surface area contributed by atoms with Crippen LogP contribution in [0.2, 0.25) is 5.02 Å². The second-order valence-electron chi connectivity index (χ2n) is 5.58. The summed E-state index contributed by atoms with van der Waals surface area (Å²) in [7, 11) is 1.71. The molecule has 0 radical (unpaired) electrons. The van der Waals surface area contributed by atoms with E-state index >= 15 is 0 Å². The second kappa shape index (κ2) is 8.44. The molecule has 0 amide bonds. The summed E-state index contributed by atoms with van der Waals surface area (Å²) in [6.45, 7) is 4.58. The number of rotatable bonds is 4. The maximum absolute atomic E-state index is 6.07. The molecule has 1 unspecified atom stereocenters. The van der Waals surface area contributed by atoms with Gasteiger partial charge < -0.3 is 15.0 Å². The van der Waals surface area contributed by atoms with Crippen molar-refractivity contribution in [2.75, 3.05) is 26.7 Å². The third-order valence-corrected chi connectivity index (χ3v) is 4.69. The summed E-state index contributed by atoms with van der Waals surface area (Å²) in [6, 6.07) is 6.43. The van der Waals surface area contributed by atoms with Gasteiger partial charge in [0.15, 0.2) is 0 Å². The molecule has 4 rings (SSSR count). The zero-order valence-electron chi connectivity index (χ0n) is 12.2. The minimum atomic E-state index is 0. The number of fused-ring (bicyclic) bond motifs is 3. The van der Waals surface area contributed by atoms with Crippen LogP contribution in [0, 0.1) is 5.92 Å². The van der Waals surface area contributed by atoms with Gasteiger partial charge >= 0.3 is 0 Å². The van der Waals surface area contributed by atoms with Crippen LogP contribution in [0.25, 0.3) is 0 Å². The molecule has 1 N–H and O–H groups in total. The van der Waals surface area contributed by atoms with Gasteiger partial charge in [0.2, 0.25) is 0 Å². The summed E-state index contributed by atoms with van der Waals surface area (Å²) in [5.41, 5.74) is 1.14. The summed E-state index contributed by atoms with van der Waals surface area (Å²) in [6.07, 6.45) is 2.68. The molecule has 3 aliphatic heterocycles. The molecule has 3 aliphatic rings. The number of methoxy groups -OCH3 is 1. The lowest BCUT2D eigenvalue weighted by Gasteiger charge is -2.45. The molecule has 3 fully saturated rings. The quantitative estimate of drug-likeness (QED) is 0.898. The summed E-state index contributed by atoms with van der Waals surface area (Å²) < 4.78 is 5.39. The molecule has 1 aromatic carbocycles. The standard InChI is InChI=1S/C15H21ClN2O.2ClH/c1-19-15-3-2-13(16)8-12(15)9-17-14-10-18-6-4-11(14)5-7-18;;/h2-3,8,11,14,17H,4-7,9-10H2,1H3;2*1H.